The Bertz CT molecular complexity index is 647. The molecule has 158 valence electrons. The Kier molecular flexibility index (Phi) is 6.47. The summed E-state index contributed by atoms with van der Waals surface area (Å²) in [5.74, 6) is 2.82. The third-order valence-corrected chi connectivity index (χ3v) is 8.91. The fourth-order valence-electron chi connectivity index (χ4n) is 7.09. The molecule has 2 nitrogen and oxygen atoms in total. The highest BCUT2D eigenvalue weighted by atomic mass is 16.1. The number of allylic oxidation sites excluding steroid dienone is 3. The molecule has 2 saturated carbocycles. The van der Waals surface area contributed by atoms with E-state index >= 15 is 0 Å². The van der Waals surface area contributed by atoms with E-state index in [0.29, 0.717) is 23.3 Å². The monoisotopic (exact) mass is 385 g/mol. The summed E-state index contributed by atoms with van der Waals surface area (Å²) >= 11 is 0. The van der Waals surface area contributed by atoms with Crippen molar-refractivity contribution in [2.45, 2.75) is 105 Å². The molecule has 0 aromatic carbocycles. The molecule has 0 saturated heterocycles. The molecule has 4 aliphatic rings. The van der Waals surface area contributed by atoms with Crippen LogP contribution in [0.25, 0.3) is 0 Å². The molecule has 2 fully saturated rings. The number of rotatable bonds is 3. The Labute approximate surface area is 173 Å². The van der Waals surface area contributed by atoms with Crippen LogP contribution in [-0.2, 0) is 4.79 Å². The summed E-state index contributed by atoms with van der Waals surface area (Å²) in [5.41, 5.74) is 4.17. The van der Waals surface area contributed by atoms with Gasteiger partial charge in [0.1, 0.15) is 0 Å². The molecule has 4 rings (SSSR count). The van der Waals surface area contributed by atoms with Gasteiger partial charge in [0.05, 0.1) is 0 Å². The minimum Gasteiger partial charge on any atom is -0.353 e. The molecule has 2 heteroatoms. The van der Waals surface area contributed by atoms with E-state index in [2.05, 4.69) is 45.2 Å². The van der Waals surface area contributed by atoms with Crippen molar-refractivity contribution < 1.29 is 4.79 Å². The van der Waals surface area contributed by atoms with Crippen molar-refractivity contribution in [3.63, 3.8) is 0 Å². The van der Waals surface area contributed by atoms with Crippen LogP contribution < -0.4 is 5.32 Å². The number of hydrogen-bond acceptors (Lipinski definition) is 1. The number of nitrogens with one attached hydrogen (secondary N) is 1. The normalized spacial score (nSPS) is 41.4. The smallest absolute Gasteiger partial charge is 0.220 e. The Hall–Kier alpha value is -1.05. The van der Waals surface area contributed by atoms with Gasteiger partial charge in [-0.2, -0.15) is 0 Å². The SMILES string of the molecule is CC.CCCC(=O)N[C@@H]1CCC2(C)C(=CCC3C4CC=C(C)C4(C)CC[C@@H]32)C1. The molecule has 4 aliphatic carbocycles. The first-order valence-corrected chi connectivity index (χ1v) is 12.0. The highest BCUT2D eigenvalue weighted by Crippen LogP contribution is 2.64. The molecule has 6 atom stereocenters. The Morgan fingerprint density at radius 1 is 1.07 bits per heavy atom. The van der Waals surface area contributed by atoms with E-state index in [9.17, 15) is 4.79 Å². The fourth-order valence-corrected chi connectivity index (χ4v) is 7.09. The van der Waals surface area contributed by atoms with E-state index in [1.807, 2.05) is 13.8 Å². The van der Waals surface area contributed by atoms with Crippen molar-refractivity contribution in [3.8, 4) is 0 Å². The summed E-state index contributed by atoms with van der Waals surface area (Å²) in [6, 6.07) is 0.370. The molecule has 1 amide bonds. The minimum atomic E-state index is 0.247. The predicted molar refractivity (Wildman–Crippen MR) is 119 cm³/mol. The van der Waals surface area contributed by atoms with Gasteiger partial charge in [0, 0.05) is 12.5 Å². The third kappa shape index (κ3) is 3.50. The Morgan fingerprint density at radius 3 is 2.50 bits per heavy atom. The maximum absolute atomic E-state index is 12.0. The van der Waals surface area contributed by atoms with Crippen LogP contribution in [0, 0.1) is 28.6 Å². The van der Waals surface area contributed by atoms with Crippen molar-refractivity contribution in [3.05, 3.63) is 23.3 Å². The predicted octanol–water partition coefficient (Wildman–Crippen LogP) is 6.82. The quantitative estimate of drug-likeness (QED) is 0.531. The number of carbonyl (C=O) groups is 1. The van der Waals surface area contributed by atoms with Crippen molar-refractivity contribution in [2.24, 2.45) is 28.6 Å². The van der Waals surface area contributed by atoms with Crippen molar-refractivity contribution in [1.82, 2.24) is 5.32 Å². The van der Waals surface area contributed by atoms with Gasteiger partial charge < -0.3 is 5.32 Å². The van der Waals surface area contributed by atoms with Crippen molar-refractivity contribution in [2.75, 3.05) is 0 Å². The van der Waals surface area contributed by atoms with Crippen LogP contribution in [0.4, 0.5) is 0 Å². The maximum atomic E-state index is 12.0. The van der Waals surface area contributed by atoms with Crippen LogP contribution in [0.5, 0.6) is 0 Å². The number of amides is 1. The lowest BCUT2D eigenvalue weighted by Gasteiger charge is -2.58. The van der Waals surface area contributed by atoms with Crippen LogP contribution in [0.2, 0.25) is 0 Å². The van der Waals surface area contributed by atoms with Gasteiger partial charge in [-0.25, -0.2) is 0 Å². The van der Waals surface area contributed by atoms with Gasteiger partial charge >= 0.3 is 0 Å². The van der Waals surface area contributed by atoms with Crippen molar-refractivity contribution in [1.29, 1.82) is 0 Å². The fraction of sp³-hybridized carbons (Fsp3) is 0.808. The topological polar surface area (TPSA) is 29.1 Å². The van der Waals surface area contributed by atoms with Crippen molar-refractivity contribution >= 4 is 5.91 Å². The van der Waals surface area contributed by atoms with E-state index in [-0.39, 0.29) is 5.91 Å². The largest absolute Gasteiger partial charge is 0.353 e. The zero-order valence-corrected chi connectivity index (χ0v) is 19.2. The lowest BCUT2D eigenvalue weighted by Crippen LogP contribution is -2.51. The Morgan fingerprint density at radius 2 is 1.79 bits per heavy atom. The lowest BCUT2D eigenvalue weighted by molar-refractivity contribution is -0.122. The summed E-state index contributed by atoms with van der Waals surface area (Å²) in [6.45, 7) is 13.5. The van der Waals surface area contributed by atoms with Crippen LogP contribution in [-0.4, -0.2) is 11.9 Å². The average Bonchev–Trinajstić information content (AvgIpc) is 2.99. The average molecular weight is 386 g/mol. The van der Waals surface area contributed by atoms with Gasteiger partial charge in [-0.05, 0) is 86.9 Å². The van der Waals surface area contributed by atoms with E-state index < -0.39 is 0 Å². The van der Waals surface area contributed by atoms with Crippen LogP contribution >= 0.6 is 0 Å². The van der Waals surface area contributed by atoms with E-state index in [1.165, 1.54) is 32.1 Å². The lowest BCUT2D eigenvalue weighted by atomic mass is 9.47. The molecule has 0 bridgehead atoms. The summed E-state index contributed by atoms with van der Waals surface area (Å²) < 4.78 is 0. The first-order valence-electron chi connectivity index (χ1n) is 12.0. The standard InChI is InChI=1S/C24H37NO.C2H6/c1-5-6-22(26)25-18-11-13-24(4)17(15-18)8-9-19-20-10-7-16(2)23(20,3)14-12-21(19)24;1-2/h7-8,18-21H,5-6,9-15H2,1-4H3,(H,25,26);1-2H3/t18-,19?,20?,21+,23?,24?;/m1./s1. The molecular weight excluding hydrogens is 342 g/mol. The molecule has 0 aromatic heterocycles. The summed E-state index contributed by atoms with van der Waals surface area (Å²) in [5, 5.41) is 3.30. The summed E-state index contributed by atoms with van der Waals surface area (Å²) in [6.07, 6.45) is 15.6. The number of carbonyl (C=O) groups excluding carboxylic acids is 1. The second kappa shape index (κ2) is 8.36. The van der Waals surface area contributed by atoms with Crippen LogP contribution in [0.3, 0.4) is 0 Å². The number of fused-ring (bicyclic) bond motifs is 5. The van der Waals surface area contributed by atoms with Crippen LogP contribution in [0.15, 0.2) is 23.3 Å². The number of hydrogen-bond donors (Lipinski definition) is 1. The molecule has 0 spiro atoms. The van der Waals surface area contributed by atoms with E-state index in [0.717, 1.165) is 37.0 Å². The van der Waals surface area contributed by atoms with Gasteiger partial charge in [-0.15, -0.1) is 0 Å². The zero-order valence-electron chi connectivity index (χ0n) is 19.2. The summed E-state index contributed by atoms with van der Waals surface area (Å²) in [7, 11) is 0. The molecule has 28 heavy (non-hydrogen) atoms. The highest BCUT2D eigenvalue weighted by molar-refractivity contribution is 5.76. The zero-order chi connectivity index (χ0) is 20.5. The van der Waals surface area contributed by atoms with Gasteiger partial charge in [0.25, 0.3) is 0 Å². The first-order chi connectivity index (χ1) is 13.4. The van der Waals surface area contributed by atoms with Gasteiger partial charge in [0.2, 0.25) is 5.91 Å². The molecule has 0 heterocycles. The second-order valence-corrected chi connectivity index (χ2v) is 10.1. The maximum Gasteiger partial charge on any atom is 0.220 e. The third-order valence-electron chi connectivity index (χ3n) is 8.91. The molecule has 0 radical (unpaired) electrons. The second-order valence-electron chi connectivity index (χ2n) is 10.1. The highest BCUT2D eigenvalue weighted by Gasteiger charge is 2.55. The van der Waals surface area contributed by atoms with Gasteiger partial charge in [-0.3, -0.25) is 4.79 Å². The van der Waals surface area contributed by atoms with E-state index in [4.69, 9.17) is 0 Å². The van der Waals surface area contributed by atoms with Crippen LogP contribution in [0.1, 0.15) is 99.3 Å². The molecule has 0 aliphatic heterocycles. The molecule has 0 aromatic rings. The Balaban J connectivity index is 0.00000109. The van der Waals surface area contributed by atoms with E-state index in [1.54, 1.807) is 11.1 Å². The molecular formula is C26H43NO. The molecule has 1 N–H and O–H groups in total. The van der Waals surface area contributed by atoms with Gasteiger partial charge in [-0.1, -0.05) is 57.9 Å². The molecule has 4 unspecified atom stereocenters. The minimum absolute atomic E-state index is 0.247. The van der Waals surface area contributed by atoms with Gasteiger partial charge in [0.15, 0.2) is 0 Å². The summed E-state index contributed by atoms with van der Waals surface area (Å²) in [4.78, 5) is 12.0. The first kappa shape index (κ1) is 21.7.